The van der Waals surface area contributed by atoms with Gasteiger partial charge < -0.3 is 9.88 Å². The summed E-state index contributed by atoms with van der Waals surface area (Å²) in [5, 5.41) is 2.80. The van der Waals surface area contributed by atoms with Crippen LogP contribution in [0, 0.1) is 0 Å². The van der Waals surface area contributed by atoms with Gasteiger partial charge in [-0.15, -0.1) is 0 Å². The van der Waals surface area contributed by atoms with Crippen LogP contribution in [0.3, 0.4) is 0 Å². The predicted molar refractivity (Wildman–Crippen MR) is 80.3 cm³/mol. The molecule has 3 rings (SSSR count). The summed E-state index contributed by atoms with van der Waals surface area (Å²) in [5.74, 6) is -0.0386. The Hall–Kier alpha value is -2.08. The molecular weight excluding hydrogens is 288 g/mol. The van der Waals surface area contributed by atoms with Crippen molar-refractivity contribution in [2.24, 2.45) is 0 Å². The minimum atomic E-state index is -2.99. The normalized spacial score (nSPS) is 20.3. The number of hydrogen-bond donors (Lipinski definition) is 1. The number of sulfone groups is 1. The number of carbonyl (C=O) groups is 1. The molecular formula is C15H16N2O3S. The predicted octanol–water partition coefficient (Wildman–Crippen LogP) is 1.39. The molecule has 5 nitrogen and oxygen atoms in total. The molecule has 1 N–H and O–H groups in total. The van der Waals surface area contributed by atoms with Crippen molar-refractivity contribution in [3.63, 3.8) is 0 Å². The standard InChI is InChI=1S/C15H16N2O3S/c18-15(16-13-6-9-21(19,20)11-13)12-4-3-5-14(10-12)17-7-1-2-8-17/h1-5,7-8,10,13H,6,9,11H2,(H,16,18). The molecule has 1 unspecified atom stereocenters. The molecule has 1 aromatic heterocycles. The second kappa shape index (κ2) is 5.37. The summed E-state index contributed by atoms with van der Waals surface area (Å²) >= 11 is 0. The summed E-state index contributed by atoms with van der Waals surface area (Å²) in [6.07, 6.45) is 4.30. The monoisotopic (exact) mass is 304 g/mol. The Bertz CT molecular complexity index is 751. The number of rotatable bonds is 3. The van der Waals surface area contributed by atoms with Crippen LogP contribution in [0.2, 0.25) is 0 Å². The van der Waals surface area contributed by atoms with Gasteiger partial charge >= 0.3 is 0 Å². The van der Waals surface area contributed by atoms with E-state index in [0.29, 0.717) is 12.0 Å². The Balaban J connectivity index is 1.75. The van der Waals surface area contributed by atoms with Gasteiger partial charge in [0.15, 0.2) is 9.84 Å². The molecule has 0 spiro atoms. The lowest BCUT2D eigenvalue weighted by molar-refractivity contribution is 0.0941. The molecule has 1 atom stereocenters. The molecule has 0 aliphatic carbocycles. The molecule has 21 heavy (non-hydrogen) atoms. The van der Waals surface area contributed by atoms with Crippen molar-refractivity contribution in [1.82, 2.24) is 9.88 Å². The summed E-state index contributed by atoms with van der Waals surface area (Å²) in [6, 6.07) is 10.8. The van der Waals surface area contributed by atoms with E-state index in [-0.39, 0.29) is 23.5 Å². The lowest BCUT2D eigenvalue weighted by atomic mass is 10.1. The van der Waals surface area contributed by atoms with E-state index in [1.807, 2.05) is 41.2 Å². The van der Waals surface area contributed by atoms with Gasteiger partial charge in [0.2, 0.25) is 0 Å². The second-order valence-corrected chi connectivity index (χ2v) is 7.44. The van der Waals surface area contributed by atoms with Gasteiger partial charge in [-0.1, -0.05) is 6.07 Å². The van der Waals surface area contributed by atoms with Crippen LogP contribution in [0.4, 0.5) is 0 Å². The zero-order valence-electron chi connectivity index (χ0n) is 11.4. The van der Waals surface area contributed by atoms with Gasteiger partial charge in [0.05, 0.1) is 11.5 Å². The highest BCUT2D eigenvalue weighted by atomic mass is 32.2. The molecule has 1 fully saturated rings. The summed E-state index contributed by atoms with van der Waals surface area (Å²) in [7, 11) is -2.99. The first kappa shape index (κ1) is 13.9. The quantitative estimate of drug-likeness (QED) is 0.932. The van der Waals surface area contributed by atoms with Gasteiger partial charge in [-0.2, -0.15) is 0 Å². The SMILES string of the molecule is O=C(NC1CCS(=O)(=O)C1)c1cccc(-n2cccc2)c1. The smallest absolute Gasteiger partial charge is 0.251 e. The first-order valence-electron chi connectivity index (χ1n) is 6.78. The molecule has 1 aliphatic rings. The number of aromatic nitrogens is 1. The van der Waals surface area contributed by atoms with Gasteiger partial charge in [0.1, 0.15) is 0 Å². The van der Waals surface area contributed by atoms with Crippen molar-refractivity contribution < 1.29 is 13.2 Å². The van der Waals surface area contributed by atoms with E-state index in [1.54, 1.807) is 12.1 Å². The fourth-order valence-electron chi connectivity index (χ4n) is 2.49. The van der Waals surface area contributed by atoms with Gasteiger partial charge in [-0.05, 0) is 36.8 Å². The number of carbonyl (C=O) groups excluding carboxylic acids is 1. The van der Waals surface area contributed by atoms with Gasteiger partial charge in [0, 0.05) is 29.7 Å². The molecule has 0 saturated carbocycles. The topological polar surface area (TPSA) is 68.2 Å². The van der Waals surface area contributed by atoms with E-state index < -0.39 is 9.84 Å². The number of hydrogen-bond acceptors (Lipinski definition) is 3. The average Bonchev–Trinajstić information content (AvgIpc) is 3.09. The Morgan fingerprint density at radius 2 is 1.95 bits per heavy atom. The van der Waals surface area contributed by atoms with Gasteiger partial charge in [0.25, 0.3) is 5.91 Å². The van der Waals surface area contributed by atoms with E-state index >= 15 is 0 Å². The highest BCUT2D eigenvalue weighted by Gasteiger charge is 2.29. The lowest BCUT2D eigenvalue weighted by Crippen LogP contribution is -2.35. The van der Waals surface area contributed by atoms with Crippen molar-refractivity contribution >= 4 is 15.7 Å². The van der Waals surface area contributed by atoms with Crippen molar-refractivity contribution in [3.8, 4) is 5.69 Å². The van der Waals surface area contributed by atoms with E-state index in [0.717, 1.165) is 5.69 Å². The third kappa shape index (κ3) is 3.16. The van der Waals surface area contributed by atoms with Crippen LogP contribution in [-0.4, -0.2) is 36.4 Å². The largest absolute Gasteiger partial charge is 0.348 e. The third-order valence-electron chi connectivity index (χ3n) is 3.58. The van der Waals surface area contributed by atoms with Crippen molar-refractivity contribution in [1.29, 1.82) is 0 Å². The molecule has 1 aliphatic heterocycles. The van der Waals surface area contributed by atoms with Crippen molar-refractivity contribution in [3.05, 3.63) is 54.4 Å². The summed E-state index contributed by atoms with van der Waals surface area (Å²) in [6.45, 7) is 0. The maximum absolute atomic E-state index is 12.2. The zero-order valence-corrected chi connectivity index (χ0v) is 12.2. The molecule has 2 aromatic rings. The van der Waals surface area contributed by atoms with Crippen LogP contribution in [-0.2, 0) is 9.84 Å². The molecule has 1 aromatic carbocycles. The second-order valence-electron chi connectivity index (χ2n) is 5.21. The van der Waals surface area contributed by atoms with Gasteiger partial charge in [-0.25, -0.2) is 8.42 Å². The molecule has 110 valence electrons. The minimum absolute atomic E-state index is 0.0377. The van der Waals surface area contributed by atoms with E-state index in [1.165, 1.54) is 0 Å². The maximum Gasteiger partial charge on any atom is 0.251 e. The van der Waals surface area contributed by atoms with E-state index in [2.05, 4.69) is 5.32 Å². The summed E-state index contributed by atoms with van der Waals surface area (Å²) < 4.78 is 24.7. The van der Waals surface area contributed by atoms with Crippen LogP contribution in [0.5, 0.6) is 0 Å². The van der Waals surface area contributed by atoms with Crippen LogP contribution in [0.15, 0.2) is 48.8 Å². The lowest BCUT2D eigenvalue weighted by Gasteiger charge is -2.11. The first-order chi connectivity index (χ1) is 10.0. The first-order valence-corrected chi connectivity index (χ1v) is 8.60. The maximum atomic E-state index is 12.2. The highest BCUT2D eigenvalue weighted by Crippen LogP contribution is 2.14. The Morgan fingerprint density at radius 1 is 1.19 bits per heavy atom. The van der Waals surface area contributed by atoms with E-state index in [9.17, 15) is 13.2 Å². The molecule has 2 heterocycles. The van der Waals surface area contributed by atoms with Crippen LogP contribution in [0.1, 0.15) is 16.8 Å². The summed E-state index contributed by atoms with van der Waals surface area (Å²) in [4.78, 5) is 12.2. The fraction of sp³-hybridized carbons (Fsp3) is 0.267. The molecule has 1 saturated heterocycles. The minimum Gasteiger partial charge on any atom is -0.348 e. The number of nitrogens with one attached hydrogen (secondary N) is 1. The number of amides is 1. The van der Waals surface area contributed by atoms with E-state index in [4.69, 9.17) is 0 Å². The third-order valence-corrected chi connectivity index (χ3v) is 5.35. The van der Waals surface area contributed by atoms with Crippen LogP contribution in [0.25, 0.3) is 5.69 Å². The fourth-order valence-corrected chi connectivity index (χ4v) is 4.17. The zero-order chi connectivity index (χ0) is 14.9. The molecule has 0 bridgehead atoms. The molecule has 6 heteroatoms. The molecule has 0 radical (unpaired) electrons. The average molecular weight is 304 g/mol. The molecule has 1 amide bonds. The van der Waals surface area contributed by atoms with Crippen molar-refractivity contribution in [2.75, 3.05) is 11.5 Å². The van der Waals surface area contributed by atoms with Crippen LogP contribution >= 0.6 is 0 Å². The van der Waals surface area contributed by atoms with Crippen molar-refractivity contribution in [2.45, 2.75) is 12.5 Å². The Morgan fingerprint density at radius 3 is 2.62 bits per heavy atom. The number of benzene rings is 1. The Kier molecular flexibility index (Phi) is 3.55. The van der Waals surface area contributed by atoms with Gasteiger partial charge in [-0.3, -0.25) is 4.79 Å². The highest BCUT2D eigenvalue weighted by molar-refractivity contribution is 7.91. The van der Waals surface area contributed by atoms with Crippen LogP contribution < -0.4 is 5.32 Å². The Labute approximate surface area is 123 Å². The summed E-state index contributed by atoms with van der Waals surface area (Å²) in [5.41, 5.74) is 1.43. The number of nitrogens with zero attached hydrogens (tertiary/aromatic N) is 1.